The summed E-state index contributed by atoms with van der Waals surface area (Å²) in [5.74, 6) is 1.94. The topological polar surface area (TPSA) is 58.4 Å². The van der Waals surface area contributed by atoms with E-state index in [2.05, 4.69) is 10.3 Å². The number of nitrogens with zero attached hydrogens (tertiary/aromatic N) is 3. The molecule has 0 fully saturated rings. The van der Waals surface area contributed by atoms with E-state index in [1.54, 1.807) is 44.3 Å². The second-order valence-electron chi connectivity index (χ2n) is 3.65. The maximum Gasteiger partial charge on any atom is 0.203 e. The lowest BCUT2D eigenvalue weighted by Gasteiger charge is -2.14. The molecule has 0 bridgehead atoms. The van der Waals surface area contributed by atoms with Gasteiger partial charge in [0.1, 0.15) is 0 Å². The van der Waals surface area contributed by atoms with Gasteiger partial charge in [0.2, 0.25) is 5.75 Å². The lowest BCUT2D eigenvalue weighted by atomic mass is 10.2. The van der Waals surface area contributed by atoms with E-state index in [1.807, 2.05) is 0 Å². The molecule has 0 N–H and O–H groups in total. The summed E-state index contributed by atoms with van der Waals surface area (Å²) >= 11 is 5.84. The summed E-state index contributed by atoms with van der Waals surface area (Å²) in [5.41, 5.74) is 1.51. The van der Waals surface area contributed by atoms with Crippen molar-refractivity contribution < 1.29 is 14.2 Å². The predicted molar refractivity (Wildman–Crippen MR) is 70.6 cm³/mol. The van der Waals surface area contributed by atoms with Crippen LogP contribution in [0.2, 0.25) is 0 Å². The molecular formula is C12H14ClN3O3. The Morgan fingerprint density at radius 3 is 2.21 bits per heavy atom. The van der Waals surface area contributed by atoms with Gasteiger partial charge in [0.05, 0.1) is 44.8 Å². The van der Waals surface area contributed by atoms with Crippen LogP contribution >= 0.6 is 11.6 Å². The molecule has 0 spiro atoms. The van der Waals surface area contributed by atoms with Crippen LogP contribution in [-0.4, -0.2) is 36.3 Å². The van der Waals surface area contributed by atoms with Gasteiger partial charge in [-0.3, -0.25) is 0 Å². The Balaban J connectivity index is 2.59. The third-order valence-electron chi connectivity index (χ3n) is 2.65. The molecule has 102 valence electrons. The Morgan fingerprint density at radius 1 is 1.11 bits per heavy atom. The van der Waals surface area contributed by atoms with Crippen LogP contribution in [0.1, 0.15) is 5.69 Å². The number of alkyl halides is 1. The summed E-state index contributed by atoms with van der Waals surface area (Å²) in [5, 5.41) is 7.83. The van der Waals surface area contributed by atoms with Crippen molar-refractivity contribution in [3.05, 3.63) is 24.0 Å². The quantitative estimate of drug-likeness (QED) is 0.786. The molecule has 0 aliphatic rings. The second kappa shape index (κ2) is 5.79. The number of aromatic nitrogens is 3. The number of ether oxygens (including phenoxy) is 3. The van der Waals surface area contributed by atoms with Crippen molar-refractivity contribution in [2.45, 2.75) is 5.88 Å². The van der Waals surface area contributed by atoms with Crippen molar-refractivity contribution in [2.24, 2.45) is 0 Å². The Morgan fingerprint density at radius 2 is 1.74 bits per heavy atom. The minimum absolute atomic E-state index is 0.309. The van der Waals surface area contributed by atoms with Gasteiger partial charge in [0.15, 0.2) is 11.5 Å². The first kappa shape index (κ1) is 13.5. The second-order valence-corrected chi connectivity index (χ2v) is 3.92. The Bertz CT molecular complexity index is 546. The van der Waals surface area contributed by atoms with E-state index in [9.17, 15) is 0 Å². The minimum atomic E-state index is 0.309. The normalized spacial score (nSPS) is 10.3. The van der Waals surface area contributed by atoms with Crippen LogP contribution in [0.25, 0.3) is 5.69 Å². The van der Waals surface area contributed by atoms with Crippen molar-refractivity contribution in [2.75, 3.05) is 21.3 Å². The molecule has 2 rings (SSSR count). The molecule has 1 heterocycles. The number of hydrogen-bond acceptors (Lipinski definition) is 5. The highest BCUT2D eigenvalue weighted by Crippen LogP contribution is 2.39. The van der Waals surface area contributed by atoms with Gasteiger partial charge in [0.25, 0.3) is 0 Å². The fraction of sp³-hybridized carbons (Fsp3) is 0.333. The van der Waals surface area contributed by atoms with Crippen LogP contribution in [0.15, 0.2) is 18.3 Å². The van der Waals surface area contributed by atoms with Gasteiger partial charge in [0, 0.05) is 12.1 Å². The summed E-state index contributed by atoms with van der Waals surface area (Å²) in [6, 6.07) is 3.57. The standard InChI is InChI=1S/C12H14ClN3O3/c1-17-10-4-8(5-11(18-2)12(10)19-3)16-9(6-13)7-14-15-16/h4-5,7H,6H2,1-3H3. The van der Waals surface area contributed by atoms with E-state index in [-0.39, 0.29) is 0 Å². The number of halogens is 1. The first-order valence-electron chi connectivity index (χ1n) is 5.51. The third kappa shape index (κ3) is 2.44. The van der Waals surface area contributed by atoms with Crippen molar-refractivity contribution in [3.63, 3.8) is 0 Å². The maximum atomic E-state index is 5.84. The zero-order chi connectivity index (χ0) is 13.8. The molecule has 1 aromatic carbocycles. The molecule has 19 heavy (non-hydrogen) atoms. The van der Waals surface area contributed by atoms with Gasteiger partial charge >= 0.3 is 0 Å². The first-order chi connectivity index (χ1) is 9.24. The average molecular weight is 284 g/mol. The molecule has 0 saturated heterocycles. The highest BCUT2D eigenvalue weighted by molar-refractivity contribution is 6.16. The van der Waals surface area contributed by atoms with Crippen molar-refractivity contribution in [1.29, 1.82) is 0 Å². The molecule has 0 aliphatic carbocycles. The van der Waals surface area contributed by atoms with Crippen LogP contribution in [0, 0.1) is 0 Å². The summed E-state index contributed by atoms with van der Waals surface area (Å²) in [6.45, 7) is 0. The predicted octanol–water partition coefficient (Wildman–Crippen LogP) is 2.03. The highest BCUT2D eigenvalue weighted by Gasteiger charge is 2.15. The van der Waals surface area contributed by atoms with Crippen LogP contribution < -0.4 is 14.2 Å². The van der Waals surface area contributed by atoms with Gasteiger partial charge < -0.3 is 14.2 Å². The summed E-state index contributed by atoms with van der Waals surface area (Å²) < 4.78 is 17.5. The van der Waals surface area contributed by atoms with Crippen molar-refractivity contribution in [1.82, 2.24) is 15.0 Å². The van der Waals surface area contributed by atoms with E-state index < -0.39 is 0 Å². The number of rotatable bonds is 5. The number of methoxy groups -OCH3 is 3. The van der Waals surface area contributed by atoms with E-state index >= 15 is 0 Å². The Labute approximate surface area is 115 Å². The van der Waals surface area contributed by atoms with Gasteiger partial charge in [-0.15, -0.1) is 16.7 Å². The van der Waals surface area contributed by atoms with Crippen molar-refractivity contribution in [3.8, 4) is 22.9 Å². The van der Waals surface area contributed by atoms with Crippen LogP contribution in [-0.2, 0) is 5.88 Å². The first-order valence-corrected chi connectivity index (χ1v) is 6.04. The highest BCUT2D eigenvalue weighted by atomic mass is 35.5. The third-order valence-corrected chi connectivity index (χ3v) is 2.92. The van der Waals surface area contributed by atoms with Gasteiger partial charge in [-0.2, -0.15) is 0 Å². The average Bonchev–Trinajstić information content (AvgIpc) is 2.93. The molecule has 0 atom stereocenters. The van der Waals surface area contributed by atoms with Gasteiger partial charge in [-0.25, -0.2) is 4.68 Å². The molecule has 0 amide bonds. The molecule has 0 radical (unpaired) electrons. The number of hydrogen-bond donors (Lipinski definition) is 0. The summed E-state index contributed by atoms with van der Waals surface area (Å²) in [6.07, 6.45) is 1.61. The summed E-state index contributed by atoms with van der Waals surface area (Å²) in [4.78, 5) is 0. The van der Waals surface area contributed by atoms with Gasteiger partial charge in [-0.1, -0.05) is 5.21 Å². The maximum absolute atomic E-state index is 5.84. The molecule has 0 aliphatic heterocycles. The largest absolute Gasteiger partial charge is 0.493 e. The molecule has 0 saturated carbocycles. The van der Waals surface area contributed by atoms with E-state index in [0.717, 1.165) is 11.4 Å². The molecular weight excluding hydrogens is 270 g/mol. The van der Waals surface area contributed by atoms with Crippen LogP contribution in [0.4, 0.5) is 0 Å². The lowest BCUT2D eigenvalue weighted by molar-refractivity contribution is 0.324. The van der Waals surface area contributed by atoms with Gasteiger partial charge in [-0.05, 0) is 0 Å². The molecule has 1 aromatic heterocycles. The smallest absolute Gasteiger partial charge is 0.203 e. The fourth-order valence-corrected chi connectivity index (χ4v) is 1.94. The minimum Gasteiger partial charge on any atom is -0.493 e. The SMILES string of the molecule is COc1cc(-n2nncc2CCl)cc(OC)c1OC. The Kier molecular flexibility index (Phi) is 4.11. The van der Waals surface area contributed by atoms with E-state index in [0.29, 0.717) is 23.1 Å². The zero-order valence-corrected chi connectivity index (χ0v) is 11.6. The Hall–Kier alpha value is -1.95. The zero-order valence-electron chi connectivity index (χ0n) is 10.9. The fourth-order valence-electron chi connectivity index (χ4n) is 1.75. The molecule has 7 heteroatoms. The van der Waals surface area contributed by atoms with Crippen LogP contribution in [0.5, 0.6) is 17.2 Å². The van der Waals surface area contributed by atoms with E-state index in [1.165, 1.54) is 0 Å². The molecule has 6 nitrogen and oxygen atoms in total. The lowest BCUT2D eigenvalue weighted by Crippen LogP contribution is -2.03. The monoisotopic (exact) mass is 283 g/mol. The van der Waals surface area contributed by atoms with Crippen molar-refractivity contribution >= 4 is 11.6 Å². The molecule has 2 aromatic rings. The number of benzene rings is 1. The summed E-state index contributed by atoms with van der Waals surface area (Å²) in [7, 11) is 4.68. The van der Waals surface area contributed by atoms with E-state index in [4.69, 9.17) is 25.8 Å². The van der Waals surface area contributed by atoms with Crippen LogP contribution in [0.3, 0.4) is 0 Å². The molecule has 0 unspecified atom stereocenters.